The minimum atomic E-state index is -0.865. The zero-order valence-corrected chi connectivity index (χ0v) is 13.8. The molecule has 0 aliphatic heterocycles. The van der Waals surface area contributed by atoms with E-state index >= 15 is 0 Å². The van der Waals surface area contributed by atoms with Gasteiger partial charge in [0.2, 0.25) is 0 Å². The molecule has 126 valence electrons. The largest absolute Gasteiger partial charge is 0.421 e. The zero-order chi connectivity index (χ0) is 18.1. The lowest BCUT2D eigenvalue weighted by Crippen LogP contribution is -2.20. The van der Waals surface area contributed by atoms with Crippen LogP contribution in [-0.2, 0) is 0 Å². The van der Waals surface area contributed by atoms with Crippen LogP contribution < -0.4 is 10.9 Å². The lowest BCUT2D eigenvalue weighted by molar-refractivity contribution is -0.384. The number of nitrogens with zero attached hydrogens (tertiary/aromatic N) is 1. The third-order valence-corrected chi connectivity index (χ3v) is 3.83. The summed E-state index contributed by atoms with van der Waals surface area (Å²) in [6.45, 7) is 0. The maximum Gasteiger partial charge on any atom is 0.349 e. The molecule has 3 aromatic rings. The molecule has 0 bridgehead atoms. The van der Waals surface area contributed by atoms with Crippen molar-refractivity contribution in [3.8, 4) is 0 Å². The molecule has 1 aromatic heterocycles. The number of nitro benzene ring substituents is 1. The summed E-state index contributed by atoms with van der Waals surface area (Å²) in [6.07, 6.45) is 0. The minimum absolute atomic E-state index is 0.118. The highest BCUT2D eigenvalue weighted by Gasteiger charge is 2.16. The molecule has 0 saturated carbocycles. The van der Waals surface area contributed by atoms with Crippen molar-refractivity contribution in [2.75, 3.05) is 5.32 Å². The van der Waals surface area contributed by atoms with Gasteiger partial charge in [-0.05, 0) is 30.3 Å². The fourth-order valence-electron chi connectivity index (χ4n) is 2.18. The number of nitro groups is 1. The van der Waals surface area contributed by atoms with Crippen molar-refractivity contribution < 1.29 is 14.1 Å². The standard InChI is InChI=1S/C16H8Cl2N2O5/c17-9-5-8-6-12(16(22)25-14(8)13(18)7-9)15(21)19-10-1-3-11(4-2-10)20(23)24/h1-7H,(H,19,21). The fraction of sp³-hybridized carbons (Fsp3) is 0. The first-order chi connectivity index (χ1) is 11.8. The number of amides is 1. The predicted molar refractivity (Wildman–Crippen MR) is 93.6 cm³/mol. The van der Waals surface area contributed by atoms with Gasteiger partial charge in [0, 0.05) is 28.2 Å². The first-order valence-electron chi connectivity index (χ1n) is 6.84. The molecule has 0 radical (unpaired) electrons. The van der Waals surface area contributed by atoms with E-state index in [0.717, 1.165) is 0 Å². The second-order valence-electron chi connectivity index (χ2n) is 5.01. The van der Waals surface area contributed by atoms with E-state index in [4.69, 9.17) is 27.6 Å². The van der Waals surface area contributed by atoms with Gasteiger partial charge in [-0.15, -0.1) is 0 Å². The Labute approximate surface area is 149 Å². The van der Waals surface area contributed by atoms with Crippen LogP contribution in [0.1, 0.15) is 10.4 Å². The number of non-ortho nitro benzene ring substituents is 1. The number of carbonyl (C=O) groups is 1. The van der Waals surface area contributed by atoms with E-state index < -0.39 is 16.5 Å². The first kappa shape index (κ1) is 16.9. The van der Waals surface area contributed by atoms with Crippen molar-refractivity contribution in [2.24, 2.45) is 0 Å². The summed E-state index contributed by atoms with van der Waals surface area (Å²) >= 11 is 11.9. The van der Waals surface area contributed by atoms with Crippen LogP contribution in [0.25, 0.3) is 11.0 Å². The smallest absolute Gasteiger partial charge is 0.349 e. The minimum Gasteiger partial charge on any atom is -0.421 e. The maximum atomic E-state index is 12.3. The van der Waals surface area contributed by atoms with Crippen molar-refractivity contribution >= 4 is 51.5 Å². The Morgan fingerprint density at radius 2 is 1.80 bits per heavy atom. The van der Waals surface area contributed by atoms with E-state index in [0.29, 0.717) is 16.1 Å². The second-order valence-corrected chi connectivity index (χ2v) is 5.86. The second kappa shape index (κ2) is 6.54. The van der Waals surface area contributed by atoms with Gasteiger partial charge >= 0.3 is 5.63 Å². The Hall–Kier alpha value is -2.90. The van der Waals surface area contributed by atoms with Crippen LogP contribution in [0.3, 0.4) is 0 Å². The Balaban J connectivity index is 1.95. The highest BCUT2D eigenvalue weighted by atomic mass is 35.5. The number of rotatable bonds is 3. The van der Waals surface area contributed by atoms with E-state index in [2.05, 4.69) is 5.32 Å². The summed E-state index contributed by atoms with van der Waals surface area (Å²) in [5, 5.41) is 14.0. The summed E-state index contributed by atoms with van der Waals surface area (Å²) < 4.78 is 5.09. The van der Waals surface area contributed by atoms with Gasteiger partial charge in [-0.25, -0.2) is 4.79 Å². The van der Waals surface area contributed by atoms with Crippen molar-refractivity contribution in [1.29, 1.82) is 0 Å². The van der Waals surface area contributed by atoms with Crippen LogP contribution in [0.5, 0.6) is 0 Å². The summed E-state index contributed by atoms with van der Waals surface area (Å²) in [6, 6.07) is 9.42. The predicted octanol–water partition coefficient (Wildman–Crippen LogP) is 4.26. The molecule has 1 N–H and O–H groups in total. The highest BCUT2D eigenvalue weighted by Crippen LogP contribution is 2.27. The van der Waals surface area contributed by atoms with Crippen molar-refractivity contribution in [2.45, 2.75) is 0 Å². The van der Waals surface area contributed by atoms with Crippen LogP contribution in [-0.4, -0.2) is 10.8 Å². The average molecular weight is 379 g/mol. The van der Waals surface area contributed by atoms with Gasteiger partial charge in [-0.2, -0.15) is 0 Å². The highest BCUT2D eigenvalue weighted by molar-refractivity contribution is 6.38. The summed E-state index contributed by atoms with van der Waals surface area (Å²) in [4.78, 5) is 34.4. The SMILES string of the molecule is O=C(Nc1ccc([N+](=O)[O-])cc1)c1cc2cc(Cl)cc(Cl)c2oc1=O. The molecule has 0 saturated heterocycles. The van der Waals surface area contributed by atoms with E-state index in [1.54, 1.807) is 0 Å². The Bertz CT molecular complexity index is 1060. The number of halogens is 2. The van der Waals surface area contributed by atoms with E-state index in [9.17, 15) is 19.7 Å². The van der Waals surface area contributed by atoms with Gasteiger partial charge in [0.05, 0.1) is 9.95 Å². The van der Waals surface area contributed by atoms with Crippen LogP contribution in [0.2, 0.25) is 10.0 Å². The molecule has 9 heteroatoms. The number of hydrogen-bond acceptors (Lipinski definition) is 5. The van der Waals surface area contributed by atoms with Gasteiger partial charge in [-0.1, -0.05) is 23.2 Å². The summed E-state index contributed by atoms with van der Waals surface area (Å²) in [5.74, 6) is -0.722. The normalized spacial score (nSPS) is 10.6. The lowest BCUT2D eigenvalue weighted by atomic mass is 10.1. The molecule has 0 atom stereocenters. The van der Waals surface area contributed by atoms with Gasteiger partial charge < -0.3 is 9.73 Å². The van der Waals surface area contributed by atoms with E-state index in [1.165, 1.54) is 42.5 Å². The molecular weight excluding hydrogens is 371 g/mol. The Morgan fingerprint density at radius 3 is 2.44 bits per heavy atom. The van der Waals surface area contributed by atoms with Crippen LogP contribution >= 0.6 is 23.2 Å². The fourth-order valence-corrected chi connectivity index (χ4v) is 2.73. The van der Waals surface area contributed by atoms with Gasteiger partial charge in [0.25, 0.3) is 11.6 Å². The molecule has 0 unspecified atom stereocenters. The van der Waals surface area contributed by atoms with Crippen molar-refractivity contribution in [3.05, 3.63) is 78.6 Å². The lowest BCUT2D eigenvalue weighted by Gasteiger charge is -2.06. The topological polar surface area (TPSA) is 102 Å². The van der Waals surface area contributed by atoms with Crippen molar-refractivity contribution in [3.63, 3.8) is 0 Å². The average Bonchev–Trinajstić information content (AvgIpc) is 2.55. The summed E-state index contributed by atoms with van der Waals surface area (Å²) in [5.41, 5.74) is -0.810. The summed E-state index contributed by atoms with van der Waals surface area (Å²) in [7, 11) is 0. The molecule has 7 nitrogen and oxygen atoms in total. The van der Waals surface area contributed by atoms with E-state index in [-0.39, 0.29) is 21.9 Å². The molecule has 1 heterocycles. The number of nitrogens with one attached hydrogen (secondary N) is 1. The van der Waals surface area contributed by atoms with Crippen LogP contribution in [0, 0.1) is 10.1 Å². The third-order valence-electron chi connectivity index (χ3n) is 3.33. The quantitative estimate of drug-likeness (QED) is 0.416. The number of carbonyl (C=O) groups excluding carboxylic acids is 1. The number of hydrogen-bond donors (Lipinski definition) is 1. The monoisotopic (exact) mass is 378 g/mol. The first-order valence-corrected chi connectivity index (χ1v) is 7.59. The Morgan fingerprint density at radius 1 is 1.12 bits per heavy atom. The Kier molecular flexibility index (Phi) is 4.43. The third kappa shape index (κ3) is 3.47. The molecular formula is C16H8Cl2N2O5. The molecule has 0 fully saturated rings. The molecule has 3 rings (SSSR count). The molecule has 0 aliphatic carbocycles. The number of fused-ring (bicyclic) bond motifs is 1. The number of benzene rings is 2. The molecule has 2 aromatic carbocycles. The van der Waals surface area contributed by atoms with Crippen LogP contribution in [0.15, 0.2) is 51.7 Å². The number of anilines is 1. The van der Waals surface area contributed by atoms with E-state index in [1.807, 2.05) is 0 Å². The van der Waals surface area contributed by atoms with Gasteiger partial charge in [-0.3, -0.25) is 14.9 Å². The molecule has 25 heavy (non-hydrogen) atoms. The molecule has 0 aliphatic rings. The van der Waals surface area contributed by atoms with Gasteiger partial charge in [0.15, 0.2) is 5.58 Å². The van der Waals surface area contributed by atoms with Crippen molar-refractivity contribution in [1.82, 2.24) is 0 Å². The van der Waals surface area contributed by atoms with Crippen LogP contribution in [0.4, 0.5) is 11.4 Å². The molecule has 1 amide bonds. The molecule has 0 spiro atoms. The van der Waals surface area contributed by atoms with Gasteiger partial charge in [0.1, 0.15) is 5.56 Å². The maximum absolute atomic E-state index is 12.3. The zero-order valence-electron chi connectivity index (χ0n) is 12.3.